The van der Waals surface area contributed by atoms with E-state index in [1.54, 1.807) is 19.2 Å². The molecular formula is C26H21FN4O2S. The van der Waals surface area contributed by atoms with Crippen LogP contribution in [0.4, 0.5) is 10.1 Å². The number of methoxy groups -OCH3 is 1. The van der Waals surface area contributed by atoms with E-state index in [1.807, 2.05) is 66.4 Å². The van der Waals surface area contributed by atoms with Gasteiger partial charge in [-0.05, 0) is 61.1 Å². The second-order valence-corrected chi connectivity index (χ2v) is 8.15. The van der Waals surface area contributed by atoms with Crippen molar-refractivity contribution in [2.45, 2.75) is 13.0 Å². The van der Waals surface area contributed by atoms with Crippen molar-refractivity contribution in [1.29, 1.82) is 0 Å². The Morgan fingerprint density at radius 2 is 1.82 bits per heavy atom. The average molecular weight is 473 g/mol. The first kappa shape index (κ1) is 21.8. The van der Waals surface area contributed by atoms with Crippen molar-refractivity contribution < 1.29 is 13.7 Å². The number of benzene rings is 3. The predicted molar refractivity (Wildman–Crippen MR) is 133 cm³/mol. The number of ether oxygens (including phenoxy) is 1. The Morgan fingerprint density at radius 1 is 1.03 bits per heavy atom. The normalized spacial score (nSPS) is 15.9. The van der Waals surface area contributed by atoms with Crippen molar-refractivity contribution in [1.82, 2.24) is 15.5 Å². The highest BCUT2D eigenvalue weighted by atomic mass is 32.1. The molecule has 0 radical (unpaired) electrons. The van der Waals surface area contributed by atoms with Gasteiger partial charge in [0.2, 0.25) is 5.82 Å². The molecule has 4 aromatic rings. The number of rotatable bonds is 5. The zero-order valence-corrected chi connectivity index (χ0v) is 19.3. The summed E-state index contributed by atoms with van der Waals surface area (Å²) in [4.78, 5) is 6.56. The van der Waals surface area contributed by atoms with Gasteiger partial charge in [0.15, 0.2) is 5.11 Å². The maximum Gasteiger partial charge on any atom is 0.258 e. The minimum absolute atomic E-state index is 0.304. The molecule has 34 heavy (non-hydrogen) atoms. The first-order valence-corrected chi connectivity index (χ1v) is 11.1. The van der Waals surface area contributed by atoms with Gasteiger partial charge in [-0.3, -0.25) is 4.90 Å². The van der Waals surface area contributed by atoms with Gasteiger partial charge < -0.3 is 14.6 Å². The molecule has 2 heterocycles. The summed E-state index contributed by atoms with van der Waals surface area (Å²) in [5.41, 5.74) is 3.97. The molecule has 0 fully saturated rings. The Hall–Kier alpha value is -4.04. The van der Waals surface area contributed by atoms with Gasteiger partial charge in [-0.15, -0.1) is 0 Å². The Bertz CT molecular complexity index is 1390. The highest BCUT2D eigenvalue weighted by Gasteiger charge is 2.35. The van der Waals surface area contributed by atoms with Gasteiger partial charge in [0.05, 0.1) is 18.7 Å². The van der Waals surface area contributed by atoms with Crippen molar-refractivity contribution in [2.75, 3.05) is 12.0 Å². The highest BCUT2D eigenvalue weighted by molar-refractivity contribution is 7.80. The standard InChI is InChI=1S/C26H21FN4O2S/c1-16-22(25-29-24(30-33-25)18-9-6-10-19(27)14-18)23(17-8-7-13-21(15-17)32-2)28-26(34)31(16)20-11-4-3-5-12-20/h3-15,23H,1-2H3,(H,28,34). The SMILES string of the molecule is COc1cccc(C2NC(=S)N(c3ccccc3)C(C)=C2c2nc(-c3cccc(F)c3)no2)c1. The van der Waals surface area contributed by atoms with Crippen LogP contribution in [0.5, 0.6) is 5.75 Å². The molecule has 0 aliphatic carbocycles. The summed E-state index contributed by atoms with van der Waals surface area (Å²) in [5.74, 6) is 0.978. The molecule has 1 aliphatic rings. The molecule has 1 N–H and O–H groups in total. The first-order chi connectivity index (χ1) is 16.5. The zero-order chi connectivity index (χ0) is 23.7. The number of hydrogen-bond donors (Lipinski definition) is 1. The third-order valence-electron chi connectivity index (χ3n) is 5.67. The molecular weight excluding hydrogens is 451 g/mol. The minimum Gasteiger partial charge on any atom is -0.497 e. The van der Waals surface area contributed by atoms with Crippen LogP contribution in [0.25, 0.3) is 17.0 Å². The van der Waals surface area contributed by atoms with Gasteiger partial charge >= 0.3 is 0 Å². The van der Waals surface area contributed by atoms with Crippen LogP contribution in [0.15, 0.2) is 89.1 Å². The quantitative estimate of drug-likeness (QED) is 0.371. The van der Waals surface area contributed by atoms with E-state index in [-0.39, 0.29) is 11.9 Å². The van der Waals surface area contributed by atoms with Gasteiger partial charge in [0.1, 0.15) is 11.6 Å². The zero-order valence-electron chi connectivity index (χ0n) is 18.5. The van der Waals surface area contributed by atoms with Crippen molar-refractivity contribution in [3.63, 3.8) is 0 Å². The van der Waals surface area contributed by atoms with E-state index >= 15 is 0 Å². The number of nitrogens with one attached hydrogen (secondary N) is 1. The number of allylic oxidation sites excluding steroid dienone is 1. The Morgan fingerprint density at radius 3 is 2.59 bits per heavy atom. The van der Waals surface area contributed by atoms with Crippen molar-refractivity contribution in [3.05, 3.63) is 102 Å². The van der Waals surface area contributed by atoms with E-state index in [9.17, 15) is 4.39 Å². The van der Waals surface area contributed by atoms with Crippen LogP contribution in [-0.4, -0.2) is 22.4 Å². The van der Waals surface area contributed by atoms with Gasteiger partial charge in [0, 0.05) is 16.9 Å². The molecule has 5 rings (SSSR count). The third kappa shape index (κ3) is 4.04. The third-order valence-corrected chi connectivity index (χ3v) is 5.97. The number of aromatic nitrogens is 2. The molecule has 0 spiro atoms. The fraction of sp³-hybridized carbons (Fsp3) is 0.115. The van der Waals surface area contributed by atoms with Crippen LogP contribution in [0.3, 0.4) is 0 Å². The Balaban J connectivity index is 1.66. The largest absolute Gasteiger partial charge is 0.497 e. The maximum absolute atomic E-state index is 13.8. The summed E-state index contributed by atoms with van der Waals surface area (Å²) >= 11 is 5.76. The monoisotopic (exact) mass is 472 g/mol. The summed E-state index contributed by atoms with van der Waals surface area (Å²) in [5, 5.41) is 8.10. The van der Waals surface area contributed by atoms with Gasteiger partial charge in [-0.25, -0.2) is 4.39 Å². The molecule has 1 aliphatic heterocycles. The van der Waals surface area contributed by atoms with E-state index in [0.29, 0.717) is 22.4 Å². The molecule has 3 aromatic carbocycles. The van der Waals surface area contributed by atoms with Crippen molar-refractivity contribution in [3.8, 4) is 17.1 Å². The molecule has 8 heteroatoms. The van der Waals surface area contributed by atoms with Crippen LogP contribution in [0.1, 0.15) is 24.4 Å². The molecule has 1 atom stereocenters. The molecule has 6 nitrogen and oxygen atoms in total. The summed E-state index contributed by atoms with van der Waals surface area (Å²) in [6.45, 7) is 1.97. The van der Waals surface area contributed by atoms with Gasteiger partial charge in [-0.2, -0.15) is 4.98 Å². The van der Waals surface area contributed by atoms with Crippen LogP contribution in [0.2, 0.25) is 0 Å². The van der Waals surface area contributed by atoms with Gasteiger partial charge in [0.25, 0.3) is 5.89 Å². The minimum atomic E-state index is -0.367. The molecule has 0 amide bonds. The van der Waals surface area contributed by atoms with E-state index in [1.165, 1.54) is 12.1 Å². The lowest BCUT2D eigenvalue weighted by Gasteiger charge is -2.37. The van der Waals surface area contributed by atoms with E-state index in [4.69, 9.17) is 21.5 Å². The topological polar surface area (TPSA) is 63.4 Å². The molecule has 0 bridgehead atoms. The molecule has 0 saturated heterocycles. The fourth-order valence-electron chi connectivity index (χ4n) is 4.06. The number of thiocarbonyl (C=S) groups is 1. The molecule has 170 valence electrons. The van der Waals surface area contributed by atoms with Gasteiger partial charge in [-0.1, -0.05) is 47.6 Å². The lowest BCUT2D eigenvalue weighted by atomic mass is 9.94. The lowest BCUT2D eigenvalue weighted by molar-refractivity contribution is 0.403. The second-order valence-electron chi connectivity index (χ2n) is 7.76. The van der Waals surface area contributed by atoms with Crippen LogP contribution in [0, 0.1) is 5.82 Å². The smallest absolute Gasteiger partial charge is 0.258 e. The average Bonchev–Trinajstić information content (AvgIpc) is 3.34. The number of anilines is 1. The summed E-state index contributed by atoms with van der Waals surface area (Å²) in [6, 6.07) is 23.3. The summed E-state index contributed by atoms with van der Waals surface area (Å²) < 4.78 is 24.9. The number of para-hydroxylation sites is 1. The maximum atomic E-state index is 13.8. The van der Waals surface area contributed by atoms with Crippen LogP contribution in [-0.2, 0) is 0 Å². The van der Waals surface area contributed by atoms with Crippen molar-refractivity contribution in [2.24, 2.45) is 0 Å². The van der Waals surface area contributed by atoms with Crippen molar-refractivity contribution >= 4 is 28.6 Å². The van der Waals surface area contributed by atoms with Crippen LogP contribution < -0.4 is 15.0 Å². The summed E-state index contributed by atoms with van der Waals surface area (Å²) in [7, 11) is 1.63. The van der Waals surface area contributed by atoms with E-state index < -0.39 is 0 Å². The van der Waals surface area contributed by atoms with Crippen LogP contribution >= 0.6 is 12.2 Å². The fourth-order valence-corrected chi connectivity index (χ4v) is 4.42. The number of halogens is 1. The first-order valence-electron chi connectivity index (χ1n) is 10.7. The number of hydrogen-bond acceptors (Lipinski definition) is 5. The molecule has 0 saturated carbocycles. The second kappa shape index (κ2) is 9.07. The Kier molecular flexibility index (Phi) is 5.81. The molecule has 1 aromatic heterocycles. The van der Waals surface area contributed by atoms with E-state index in [2.05, 4.69) is 15.5 Å². The molecule has 1 unspecified atom stereocenters. The Labute approximate surface area is 201 Å². The van der Waals surface area contributed by atoms with E-state index in [0.717, 1.165) is 28.3 Å². The predicted octanol–water partition coefficient (Wildman–Crippen LogP) is 5.75. The lowest BCUT2D eigenvalue weighted by Crippen LogP contribution is -2.46. The highest BCUT2D eigenvalue weighted by Crippen LogP contribution is 2.39. The summed E-state index contributed by atoms with van der Waals surface area (Å²) in [6.07, 6.45) is 0. The number of nitrogens with zero attached hydrogens (tertiary/aromatic N) is 3.